The van der Waals surface area contributed by atoms with E-state index in [4.69, 9.17) is 9.84 Å². The summed E-state index contributed by atoms with van der Waals surface area (Å²) in [5.74, 6) is -1.46. The van der Waals surface area contributed by atoms with Crippen molar-refractivity contribution < 1.29 is 24.5 Å². The van der Waals surface area contributed by atoms with E-state index in [0.29, 0.717) is 12.8 Å². The van der Waals surface area contributed by atoms with E-state index < -0.39 is 11.4 Å². The molecule has 0 aromatic rings. The fourth-order valence-corrected chi connectivity index (χ4v) is 0.932. The van der Waals surface area contributed by atoms with Crippen LogP contribution < -0.4 is 5.11 Å². The lowest BCUT2D eigenvalue weighted by atomic mass is 9.97. The quantitative estimate of drug-likeness (QED) is 0.464. The maximum absolute atomic E-state index is 11.2. The van der Waals surface area contributed by atoms with Gasteiger partial charge in [-0.15, -0.1) is 0 Å². The molecular formula is C11H19O5-. The average molecular weight is 231 g/mol. The number of carboxylic acid groups (broad SMARTS) is 1. The summed E-state index contributed by atoms with van der Waals surface area (Å²) in [5, 5.41) is 19.0. The predicted molar refractivity (Wildman–Crippen MR) is 55.3 cm³/mol. The number of ether oxygens (including phenoxy) is 1. The van der Waals surface area contributed by atoms with Gasteiger partial charge in [0.05, 0.1) is 13.2 Å². The number of hydrogen-bond donors (Lipinski definition) is 1. The minimum absolute atomic E-state index is 0.0323. The first kappa shape index (κ1) is 14.9. The number of aliphatic hydroxyl groups is 1. The molecule has 0 spiro atoms. The van der Waals surface area contributed by atoms with Gasteiger partial charge in [-0.2, -0.15) is 0 Å². The number of hydrogen-bond acceptors (Lipinski definition) is 5. The molecule has 0 atom stereocenters. The Morgan fingerprint density at radius 3 is 2.31 bits per heavy atom. The van der Waals surface area contributed by atoms with Crippen LogP contribution in [-0.2, 0) is 14.3 Å². The standard InChI is InChI=1S/C11H20O5/c1-11(2,7-12)8-16-10(15)6-4-3-5-9(13)14/h12H,3-8H2,1-2H3,(H,13,14)/p-1. The van der Waals surface area contributed by atoms with Crippen LogP contribution >= 0.6 is 0 Å². The summed E-state index contributed by atoms with van der Waals surface area (Å²) in [7, 11) is 0. The number of unbranched alkanes of at least 4 members (excludes halogenated alkanes) is 1. The molecule has 0 aliphatic rings. The van der Waals surface area contributed by atoms with Crippen LogP contribution in [0.15, 0.2) is 0 Å². The molecule has 0 saturated carbocycles. The molecule has 0 bridgehead atoms. The summed E-state index contributed by atoms with van der Waals surface area (Å²) in [6.07, 6.45) is 1.07. The molecule has 0 fully saturated rings. The second-order valence-electron chi connectivity index (χ2n) is 4.56. The monoisotopic (exact) mass is 231 g/mol. The zero-order valence-electron chi connectivity index (χ0n) is 9.82. The average Bonchev–Trinajstić information content (AvgIpc) is 2.21. The van der Waals surface area contributed by atoms with Gasteiger partial charge in [-0.3, -0.25) is 4.79 Å². The molecule has 0 heterocycles. The van der Waals surface area contributed by atoms with Gasteiger partial charge in [0, 0.05) is 17.8 Å². The fourth-order valence-electron chi connectivity index (χ4n) is 0.932. The van der Waals surface area contributed by atoms with Crippen LogP contribution in [0.3, 0.4) is 0 Å². The van der Waals surface area contributed by atoms with Gasteiger partial charge in [-0.1, -0.05) is 13.8 Å². The van der Waals surface area contributed by atoms with E-state index >= 15 is 0 Å². The Bertz CT molecular complexity index is 235. The molecule has 0 radical (unpaired) electrons. The highest BCUT2D eigenvalue weighted by atomic mass is 16.5. The topological polar surface area (TPSA) is 86.7 Å². The molecule has 0 rings (SSSR count). The van der Waals surface area contributed by atoms with Crippen molar-refractivity contribution in [3.05, 3.63) is 0 Å². The van der Waals surface area contributed by atoms with Gasteiger partial charge in [0.1, 0.15) is 0 Å². The first-order chi connectivity index (χ1) is 7.37. The van der Waals surface area contributed by atoms with E-state index in [-0.39, 0.29) is 32.0 Å². The van der Waals surface area contributed by atoms with Gasteiger partial charge in [0.25, 0.3) is 0 Å². The summed E-state index contributed by atoms with van der Waals surface area (Å²) in [6.45, 7) is 3.69. The van der Waals surface area contributed by atoms with Crippen LogP contribution in [0.4, 0.5) is 0 Å². The summed E-state index contributed by atoms with van der Waals surface area (Å²) in [6, 6.07) is 0. The van der Waals surface area contributed by atoms with Crippen molar-refractivity contribution in [2.45, 2.75) is 39.5 Å². The van der Waals surface area contributed by atoms with E-state index in [2.05, 4.69) is 0 Å². The van der Waals surface area contributed by atoms with E-state index in [1.54, 1.807) is 13.8 Å². The second-order valence-corrected chi connectivity index (χ2v) is 4.56. The van der Waals surface area contributed by atoms with Gasteiger partial charge in [0.15, 0.2) is 0 Å². The summed E-state index contributed by atoms with van der Waals surface area (Å²) in [4.78, 5) is 21.3. The minimum Gasteiger partial charge on any atom is -0.550 e. The lowest BCUT2D eigenvalue weighted by Crippen LogP contribution is -2.25. The van der Waals surface area contributed by atoms with Crippen molar-refractivity contribution in [2.75, 3.05) is 13.2 Å². The molecular weight excluding hydrogens is 212 g/mol. The van der Waals surface area contributed by atoms with Crippen molar-refractivity contribution in [1.82, 2.24) is 0 Å². The molecule has 1 N–H and O–H groups in total. The third-order valence-corrected chi connectivity index (χ3v) is 2.06. The van der Waals surface area contributed by atoms with Gasteiger partial charge in [-0.05, 0) is 19.3 Å². The Labute approximate surface area is 95.4 Å². The number of aliphatic hydroxyl groups excluding tert-OH is 1. The van der Waals surface area contributed by atoms with E-state index in [1.807, 2.05) is 0 Å². The van der Waals surface area contributed by atoms with Crippen molar-refractivity contribution in [3.63, 3.8) is 0 Å². The van der Waals surface area contributed by atoms with Crippen LogP contribution in [0.1, 0.15) is 39.5 Å². The van der Waals surface area contributed by atoms with Crippen molar-refractivity contribution in [3.8, 4) is 0 Å². The van der Waals surface area contributed by atoms with Crippen LogP contribution in [-0.4, -0.2) is 30.3 Å². The highest BCUT2D eigenvalue weighted by Crippen LogP contribution is 2.14. The number of aliphatic carboxylic acids is 1. The first-order valence-electron chi connectivity index (χ1n) is 5.34. The Balaban J connectivity index is 3.56. The summed E-state index contributed by atoms with van der Waals surface area (Å²) >= 11 is 0. The Morgan fingerprint density at radius 2 is 1.81 bits per heavy atom. The highest BCUT2D eigenvalue weighted by molar-refractivity contribution is 5.69. The maximum Gasteiger partial charge on any atom is 0.305 e. The van der Waals surface area contributed by atoms with Crippen LogP contribution in [0, 0.1) is 5.41 Å². The molecule has 5 heteroatoms. The molecule has 0 aliphatic carbocycles. The Kier molecular flexibility index (Phi) is 6.72. The normalized spacial score (nSPS) is 11.2. The lowest BCUT2D eigenvalue weighted by molar-refractivity contribution is -0.305. The SMILES string of the molecule is CC(C)(CO)COC(=O)CCCCC(=O)[O-]. The molecule has 0 aromatic heterocycles. The lowest BCUT2D eigenvalue weighted by Gasteiger charge is -2.20. The Hall–Kier alpha value is -1.10. The van der Waals surface area contributed by atoms with E-state index in [0.717, 1.165) is 0 Å². The van der Waals surface area contributed by atoms with Crippen molar-refractivity contribution in [1.29, 1.82) is 0 Å². The molecule has 0 unspecified atom stereocenters. The zero-order valence-corrected chi connectivity index (χ0v) is 9.82. The molecule has 0 saturated heterocycles. The van der Waals surface area contributed by atoms with E-state index in [9.17, 15) is 14.7 Å². The number of carbonyl (C=O) groups is 2. The van der Waals surface area contributed by atoms with E-state index in [1.165, 1.54) is 0 Å². The number of rotatable bonds is 8. The summed E-state index contributed by atoms with van der Waals surface area (Å²) in [5.41, 5.74) is -0.430. The third-order valence-electron chi connectivity index (χ3n) is 2.06. The first-order valence-corrected chi connectivity index (χ1v) is 5.34. The molecule has 0 aliphatic heterocycles. The van der Waals surface area contributed by atoms with Crippen LogP contribution in [0.5, 0.6) is 0 Å². The van der Waals surface area contributed by atoms with Crippen molar-refractivity contribution >= 4 is 11.9 Å². The fraction of sp³-hybridized carbons (Fsp3) is 0.818. The third kappa shape index (κ3) is 8.23. The molecule has 16 heavy (non-hydrogen) atoms. The second kappa shape index (κ2) is 7.22. The minimum atomic E-state index is -1.10. The number of esters is 1. The smallest absolute Gasteiger partial charge is 0.305 e. The van der Waals surface area contributed by atoms with Gasteiger partial charge in [0.2, 0.25) is 0 Å². The molecule has 94 valence electrons. The highest BCUT2D eigenvalue weighted by Gasteiger charge is 2.18. The van der Waals surface area contributed by atoms with Gasteiger partial charge < -0.3 is 19.7 Å². The predicted octanol–water partition coefficient (Wildman–Crippen LogP) is -0.142. The zero-order chi connectivity index (χ0) is 12.6. The van der Waals surface area contributed by atoms with Crippen LogP contribution in [0.25, 0.3) is 0 Å². The summed E-state index contributed by atoms with van der Waals surface area (Å²) < 4.78 is 4.94. The van der Waals surface area contributed by atoms with Crippen LogP contribution in [0.2, 0.25) is 0 Å². The van der Waals surface area contributed by atoms with Crippen molar-refractivity contribution in [2.24, 2.45) is 5.41 Å². The Morgan fingerprint density at radius 1 is 1.25 bits per heavy atom. The molecule has 5 nitrogen and oxygen atoms in total. The molecule has 0 amide bonds. The largest absolute Gasteiger partial charge is 0.550 e. The maximum atomic E-state index is 11.2. The molecule has 0 aromatic carbocycles. The van der Waals surface area contributed by atoms with Gasteiger partial charge >= 0.3 is 5.97 Å². The number of carbonyl (C=O) groups excluding carboxylic acids is 2. The number of carboxylic acids is 1. The van der Waals surface area contributed by atoms with Gasteiger partial charge in [-0.25, -0.2) is 0 Å².